The van der Waals surface area contributed by atoms with Crippen molar-refractivity contribution in [2.75, 3.05) is 7.11 Å². The van der Waals surface area contributed by atoms with Gasteiger partial charge in [0.15, 0.2) is 5.78 Å². The summed E-state index contributed by atoms with van der Waals surface area (Å²) in [5.41, 5.74) is 0.532. The van der Waals surface area contributed by atoms with Crippen molar-refractivity contribution in [3.63, 3.8) is 0 Å². The topological polar surface area (TPSA) is 83.8 Å². The van der Waals surface area contributed by atoms with E-state index in [-0.39, 0.29) is 39.5 Å². The summed E-state index contributed by atoms with van der Waals surface area (Å²) in [4.78, 5) is 25.0. The predicted molar refractivity (Wildman–Crippen MR) is 74.4 cm³/mol. The zero-order valence-electron chi connectivity index (χ0n) is 11.4. The Morgan fingerprint density at radius 2 is 1.67 bits per heavy atom. The molecule has 0 saturated carbocycles. The first-order valence-corrected chi connectivity index (χ1v) is 6.28. The highest BCUT2D eigenvalue weighted by Gasteiger charge is 2.35. The highest BCUT2D eigenvalue weighted by Crippen LogP contribution is 2.39. The summed E-state index contributed by atoms with van der Waals surface area (Å²) in [6, 6.07) is 5.76. The summed E-state index contributed by atoms with van der Waals surface area (Å²) >= 11 is 0. The highest BCUT2D eigenvalue weighted by molar-refractivity contribution is 6.30. The van der Waals surface area contributed by atoms with Crippen LogP contribution in [0.15, 0.2) is 24.3 Å². The van der Waals surface area contributed by atoms with Crippen molar-refractivity contribution in [1.82, 2.24) is 0 Å². The second-order valence-corrected chi connectivity index (χ2v) is 4.88. The van der Waals surface area contributed by atoms with E-state index >= 15 is 0 Å². The lowest BCUT2D eigenvalue weighted by Gasteiger charge is -2.20. The zero-order valence-corrected chi connectivity index (χ0v) is 11.4. The van der Waals surface area contributed by atoms with E-state index in [1.165, 1.54) is 25.3 Å². The smallest absolute Gasteiger partial charge is 0.201 e. The zero-order chi connectivity index (χ0) is 15.3. The second kappa shape index (κ2) is 4.34. The maximum atomic E-state index is 12.5. The van der Waals surface area contributed by atoms with E-state index in [0.717, 1.165) is 0 Å². The number of carbonyl (C=O) groups excluding carboxylic acids is 2. The Kier molecular flexibility index (Phi) is 2.73. The van der Waals surface area contributed by atoms with Gasteiger partial charge < -0.3 is 14.9 Å². The minimum absolute atomic E-state index is 0.0621. The van der Waals surface area contributed by atoms with Gasteiger partial charge in [-0.15, -0.1) is 0 Å². The number of carbonyl (C=O) groups is 2. The van der Waals surface area contributed by atoms with E-state index in [4.69, 9.17) is 4.74 Å². The van der Waals surface area contributed by atoms with Crippen LogP contribution >= 0.6 is 0 Å². The Hall–Kier alpha value is -2.82. The molecule has 0 amide bonds. The molecule has 106 valence electrons. The Morgan fingerprint density at radius 3 is 2.33 bits per heavy atom. The Balaban J connectivity index is 2.36. The number of phenolic OH excluding ortho intramolecular Hbond substituents is 2. The predicted octanol–water partition coefficient (Wildman–Crippen LogP) is 2.19. The SMILES string of the molecule is COc1cc(O)c2c(c1)C(=O)c1ccc(C)c(O)c1C2=O. The van der Waals surface area contributed by atoms with Crippen molar-refractivity contribution in [3.05, 3.63) is 52.1 Å². The third-order valence-electron chi connectivity index (χ3n) is 3.65. The van der Waals surface area contributed by atoms with Crippen LogP contribution in [0.4, 0.5) is 0 Å². The van der Waals surface area contributed by atoms with Gasteiger partial charge in [0.25, 0.3) is 0 Å². The van der Waals surface area contributed by atoms with Crippen LogP contribution in [0.1, 0.15) is 37.4 Å². The van der Waals surface area contributed by atoms with Gasteiger partial charge in [0, 0.05) is 17.2 Å². The molecule has 0 fully saturated rings. The molecular weight excluding hydrogens is 272 g/mol. The summed E-state index contributed by atoms with van der Waals surface area (Å²) in [5.74, 6) is -1.28. The fourth-order valence-electron chi connectivity index (χ4n) is 2.52. The molecule has 0 bridgehead atoms. The maximum absolute atomic E-state index is 12.5. The van der Waals surface area contributed by atoms with Crippen LogP contribution in [0.2, 0.25) is 0 Å². The molecule has 0 radical (unpaired) electrons. The monoisotopic (exact) mass is 284 g/mol. The first-order chi connectivity index (χ1) is 9.95. The number of ether oxygens (including phenoxy) is 1. The Bertz CT molecular complexity index is 805. The number of rotatable bonds is 1. The largest absolute Gasteiger partial charge is 0.507 e. The lowest BCUT2D eigenvalue weighted by Crippen LogP contribution is -2.21. The van der Waals surface area contributed by atoms with Gasteiger partial charge in [0.1, 0.15) is 17.2 Å². The fourth-order valence-corrected chi connectivity index (χ4v) is 2.52. The molecule has 0 spiro atoms. The molecule has 2 N–H and O–H groups in total. The van der Waals surface area contributed by atoms with Gasteiger partial charge in [0.2, 0.25) is 5.78 Å². The van der Waals surface area contributed by atoms with E-state index < -0.39 is 11.6 Å². The van der Waals surface area contributed by atoms with E-state index in [2.05, 4.69) is 0 Å². The van der Waals surface area contributed by atoms with Gasteiger partial charge >= 0.3 is 0 Å². The minimum atomic E-state index is -0.569. The van der Waals surface area contributed by atoms with Crippen molar-refractivity contribution in [2.45, 2.75) is 6.92 Å². The summed E-state index contributed by atoms with van der Waals surface area (Å²) in [7, 11) is 1.40. The summed E-state index contributed by atoms with van der Waals surface area (Å²) < 4.78 is 5.00. The van der Waals surface area contributed by atoms with E-state index in [0.29, 0.717) is 5.56 Å². The van der Waals surface area contributed by atoms with Crippen LogP contribution in [-0.4, -0.2) is 28.9 Å². The molecule has 0 aromatic heterocycles. The highest BCUT2D eigenvalue weighted by atomic mass is 16.5. The quantitative estimate of drug-likeness (QED) is 0.715. The molecule has 2 aromatic carbocycles. The molecule has 1 aliphatic carbocycles. The van der Waals surface area contributed by atoms with Crippen LogP contribution in [0.5, 0.6) is 17.2 Å². The first-order valence-electron chi connectivity index (χ1n) is 6.28. The average Bonchev–Trinajstić information content (AvgIpc) is 2.46. The summed E-state index contributed by atoms with van der Waals surface area (Å²) in [6.07, 6.45) is 0. The van der Waals surface area contributed by atoms with Crippen molar-refractivity contribution in [2.24, 2.45) is 0 Å². The number of aryl methyl sites for hydroxylation is 1. The molecule has 0 unspecified atom stereocenters. The molecule has 0 heterocycles. The number of phenols is 2. The van der Waals surface area contributed by atoms with Crippen LogP contribution in [0, 0.1) is 6.92 Å². The second-order valence-electron chi connectivity index (χ2n) is 4.88. The van der Waals surface area contributed by atoms with Gasteiger partial charge in [-0.3, -0.25) is 9.59 Å². The van der Waals surface area contributed by atoms with E-state index in [1.54, 1.807) is 13.0 Å². The maximum Gasteiger partial charge on any atom is 0.201 e. The van der Waals surface area contributed by atoms with Gasteiger partial charge in [-0.05, 0) is 24.6 Å². The molecule has 5 heteroatoms. The molecule has 0 aliphatic heterocycles. The van der Waals surface area contributed by atoms with E-state index in [9.17, 15) is 19.8 Å². The number of methoxy groups -OCH3 is 1. The Labute approximate surface area is 120 Å². The van der Waals surface area contributed by atoms with Crippen LogP contribution in [0.3, 0.4) is 0 Å². The molecule has 0 atom stereocenters. The number of benzene rings is 2. The van der Waals surface area contributed by atoms with Crippen molar-refractivity contribution in [3.8, 4) is 17.2 Å². The standard InChI is InChI=1S/C16H12O5/c1-7-3-4-9-13(14(7)18)16(20)12-10(15(9)19)5-8(21-2)6-11(12)17/h3-6,17-18H,1-2H3. The summed E-state index contributed by atoms with van der Waals surface area (Å²) in [6.45, 7) is 1.64. The molecule has 21 heavy (non-hydrogen) atoms. The van der Waals surface area contributed by atoms with Gasteiger partial charge in [-0.2, -0.15) is 0 Å². The molecule has 1 aliphatic rings. The van der Waals surface area contributed by atoms with E-state index in [1.807, 2.05) is 0 Å². The Morgan fingerprint density at radius 1 is 0.952 bits per heavy atom. The van der Waals surface area contributed by atoms with Gasteiger partial charge in [0.05, 0.1) is 18.2 Å². The molecular formula is C16H12O5. The van der Waals surface area contributed by atoms with Crippen molar-refractivity contribution in [1.29, 1.82) is 0 Å². The molecule has 2 aromatic rings. The van der Waals surface area contributed by atoms with Gasteiger partial charge in [-0.1, -0.05) is 6.07 Å². The number of hydrogen-bond donors (Lipinski definition) is 2. The third-order valence-corrected chi connectivity index (χ3v) is 3.65. The normalized spacial score (nSPS) is 12.9. The average molecular weight is 284 g/mol. The molecule has 3 rings (SSSR count). The minimum Gasteiger partial charge on any atom is -0.507 e. The van der Waals surface area contributed by atoms with Crippen LogP contribution in [0.25, 0.3) is 0 Å². The van der Waals surface area contributed by atoms with Crippen LogP contribution < -0.4 is 4.74 Å². The number of ketones is 2. The molecule has 5 nitrogen and oxygen atoms in total. The van der Waals surface area contributed by atoms with Crippen molar-refractivity contribution < 1.29 is 24.5 Å². The number of hydrogen-bond acceptors (Lipinski definition) is 5. The third kappa shape index (κ3) is 1.71. The van der Waals surface area contributed by atoms with Gasteiger partial charge in [-0.25, -0.2) is 0 Å². The molecule has 0 saturated heterocycles. The number of aromatic hydroxyl groups is 2. The van der Waals surface area contributed by atoms with Crippen molar-refractivity contribution >= 4 is 11.6 Å². The first kappa shape index (κ1) is 13.2. The number of fused-ring (bicyclic) bond motifs is 2. The lowest BCUT2D eigenvalue weighted by molar-refractivity contribution is 0.0974. The lowest BCUT2D eigenvalue weighted by atomic mass is 9.82. The fraction of sp³-hybridized carbons (Fsp3) is 0.125. The van der Waals surface area contributed by atoms with Crippen LogP contribution in [-0.2, 0) is 0 Å². The summed E-state index contributed by atoms with van der Waals surface area (Å²) in [5, 5.41) is 20.1.